The Hall–Kier alpha value is -3.43. The average Bonchev–Trinajstić information content (AvgIpc) is 3.37. The van der Waals surface area contributed by atoms with Gasteiger partial charge in [0.15, 0.2) is 0 Å². The Morgan fingerprint density at radius 3 is 2.52 bits per heavy atom. The molecule has 3 nitrogen and oxygen atoms in total. The van der Waals surface area contributed by atoms with E-state index in [2.05, 4.69) is 80.6 Å². The van der Waals surface area contributed by atoms with E-state index in [9.17, 15) is 4.79 Å². The Morgan fingerprint density at radius 1 is 0.909 bits per heavy atom. The van der Waals surface area contributed by atoms with Crippen LogP contribution in [0.2, 0.25) is 5.02 Å². The second-order valence-electron chi connectivity index (χ2n) is 14.3. The molecule has 3 aromatic carbocycles. The summed E-state index contributed by atoms with van der Waals surface area (Å²) in [5.41, 5.74) is 7.88. The predicted octanol–water partition coefficient (Wildman–Crippen LogP) is 10.6. The monoisotopic (exact) mass is 601 g/mol. The fourth-order valence-corrected chi connectivity index (χ4v) is 10.1. The zero-order valence-electron chi connectivity index (χ0n) is 25.9. The van der Waals surface area contributed by atoms with Crippen LogP contribution in [-0.2, 0) is 9.53 Å². The van der Waals surface area contributed by atoms with E-state index in [0.717, 1.165) is 53.9 Å². The Bertz CT molecular complexity index is 1870. The number of ether oxygens (including phenoxy) is 1. The number of aromatic nitrogens is 1. The van der Waals surface area contributed by atoms with Crippen LogP contribution >= 0.6 is 11.6 Å². The van der Waals surface area contributed by atoms with E-state index in [4.69, 9.17) is 21.3 Å². The van der Waals surface area contributed by atoms with Gasteiger partial charge in [-0.3, -0.25) is 4.79 Å². The highest BCUT2D eigenvalue weighted by Gasteiger charge is 2.57. The van der Waals surface area contributed by atoms with Gasteiger partial charge in [0.25, 0.3) is 0 Å². The van der Waals surface area contributed by atoms with E-state index in [0.29, 0.717) is 17.8 Å². The molecule has 4 aromatic rings. The van der Waals surface area contributed by atoms with Crippen LogP contribution in [0, 0.1) is 28.6 Å². The van der Waals surface area contributed by atoms with Gasteiger partial charge in [-0.2, -0.15) is 0 Å². The van der Waals surface area contributed by atoms with Crippen molar-refractivity contribution in [3.8, 4) is 11.3 Å². The number of benzene rings is 3. The van der Waals surface area contributed by atoms with Gasteiger partial charge in [-0.05, 0) is 113 Å². The van der Waals surface area contributed by atoms with Crippen LogP contribution in [0.25, 0.3) is 38.5 Å². The molecule has 4 aliphatic rings. The van der Waals surface area contributed by atoms with Crippen LogP contribution in [0.15, 0.2) is 84.5 Å². The topological polar surface area (TPSA) is 39.2 Å². The van der Waals surface area contributed by atoms with E-state index < -0.39 is 0 Å². The van der Waals surface area contributed by atoms with Crippen molar-refractivity contribution >= 4 is 44.8 Å². The number of hydrogen-bond donors (Lipinski definition) is 0. The summed E-state index contributed by atoms with van der Waals surface area (Å²) in [5, 5.41) is 4.55. The Labute approximate surface area is 265 Å². The number of pyridine rings is 1. The molecule has 2 saturated carbocycles. The quantitative estimate of drug-likeness (QED) is 0.133. The molecule has 0 bridgehead atoms. The molecule has 0 saturated heterocycles. The van der Waals surface area contributed by atoms with Crippen molar-refractivity contribution < 1.29 is 9.53 Å². The van der Waals surface area contributed by atoms with E-state index >= 15 is 0 Å². The van der Waals surface area contributed by atoms with Crippen LogP contribution in [0.4, 0.5) is 0 Å². The van der Waals surface area contributed by atoms with Gasteiger partial charge in [0.05, 0.1) is 11.2 Å². The number of allylic oxidation sites excluding steroid dienone is 3. The van der Waals surface area contributed by atoms with Crippen LogP contribution in [0.1, 0.15) is 71.3 Å². The zero-order valence-corrected chi connectivity index (χ0v) is 26.7. The van der Waals surface area contributed by atoms with Gasteiger partial charge in [-0.15, -0.1) is 0 Å². The summed E-state index contributed by atoms with van der Waals surface area (Å²) in [6.07, 6.45) is 12.9. The lowest BCUT2D eigenvalue weighted by molar-refractivity contribution is -0.148. The lowest BCUT2D eigenvalue weighted by Crippen LogP contribution is -2.50. The summed E-state index contributed by atoms with van der Waals surface area (Å²) >= 11 is 6.27. The zero-order chi connectivity index (χ0) is 30.2. The minimum absolute atomic E-state index is 0.0432. The molecule has 2 fully saturated rings. The Morgan fingerprint density at radius 2 is 1.70 bits per heavy atom. The molecule has 1 heterocycles. The first-order chi connectivity index (χ1) is 21.2. The third kappa shape index (κ3) is 4.30. The largest absolute Gasteiger partial charge is 0.462 e. The fraction of sp³-hybridized carbons (Fsp3) is 0.400. The lowest BCUT2D eigenvalue weighted by Gasteiger charge is -2.58. The van der Waals surface area contributed by atoms with Gasteiger partial charge in [0.1, 0.15) is 6.10 Å². The molecule has 1 aromatic heterocycles. The molecule has 0 amide bonds. The number of halogens is 1. The first-order valence-electron chi connectivity index (χ1n) is 16.4. The summed E-state index contributed by atoms with van der Waals surface area (Å²) in [6, 6.07) is 23.6. The van der Waals surface area contributed by atoms with E-state index in [1.165, 1.54) is 40.1 Å². The summed E-state index contributed by atoms with van der Waals surface area (Å²) in [4.78, 5) is 16.9. The van der Waals surface area contributed by atoms with Crippen molar-refractivity contribution in [3.63, 3.8) is 0 Å². The highest BCUT2D eigenvalue weighted by atomic mass is 35.5. The molecular formula is C40H40ClNO2. The Kier molecular flexibility index (Phi) is 6.58. The molecule has 0 spiro atoms. The van der Waals surface area contributed by atoms with Crippen LogP contribution < -0.4 is 0 Å². The van der Waals surface area contributed by atoms with Gasteiger partial charge in [0, 0.05) is 29.3 Å². The third-order valence-corrected chi connectivity index (χ3v) is 12.4. The molecule has 6 atom stereocenters. The summed E-state index contributed by atoms with van der Waals surface area (Å²) < 4.78 is 5.68. The van der Waals surface area contributed by atoms with E-state index in [-0.39, 0.29) is 22.9 Å². The number of fused-ring (bicyclic) bond motifs is 8. The van der Waals surface area contributed by atoms with Crippen LogP contribution in [0.3, 0.4) is 0 Å². The summed E-state index contributed by atoms with van der Waals surface area (Å²) in [5.74, 6) is 1.82. The molecule has 0 N–H and O–H groups in total. The maximum Gasteiger partial charge on any atom is 0.302 e. The maximum atomic E-state index is 11.7. The van der Waals surface area contributed by atoms with Crippen LogP contribution in [0.5, 0.6) is 0 Å². The second-order valence-corrected chi connectivity index (χ2v) is 14.7. The predicted molar refractivity (Wildman–Crippen MR) is 180 cm³/mol. The van der Waals surface area contributed by atoms with Crippen molar-refractivity contribution in [3.05, 3.63) is 95.0 Å². The number of rotatable bonds is 3. The van der Waals surface area contributed by atoms with Crippen molar-refractivity contribution in [2.24, 2.45) is 28.6 Å². The van der Waals surface area contributed by atoms with E-state index in [1.54, 1.807) is 12.5 Å². The Balaban J connectivity index is 1.21. The van der Waals surface area contributed by atoms with Crippen LogP contribution in [-0.4, -0.2) is 17.1 Å². The lowest BCUT2D eigenvalue weighted by atomic mass is 9.47. The molecule has 8 rings (SSSR count). The highest BCUT2D eigenvalue weighted by Crippen LogP contribution is 2.66. The van der Waals surface area contributed by atoms with Gasteiger partial charge < -0.3 is 4.74 Å². The second kappa shape index (κ2) is 10.3. The summed E-state index contributed by atoms with van der Waals surface area (Å²) in [7, 11) is 0. The van der Waals surface area contributed by atoms with Crippen molar-refractivity contribution in [2.45, 2.75) is 71.8 Å². The van der Waals surface area contributed by atoms with Gasteiger partial charge in [0.2, 0.25) is 0 Å². The minimum atomic E-state index is -0.151. The number of esters is 1. The van der Waals surface area contributed by atoms with Gasteiger partial charge in [-0.25, -0.2) is 4.98 Å². The molecule has 0 unspecified atom stereocenters. The van der Waals surface area contributed by atoms with Crippen molar-refractivity contribution in [1.29, 1.82) is 0 Å². The average molecular weight is 602 g/mol. The normalized spacial score (nSPS) is 31.1. The standard InChI is InChI=1S/C40H40ClNO2/c1-24(43)44-29-18-20-39(2)27(22-29)11-14-31-33-15-16-34(40(33,3)21-19-35(31)39)32-23-37(26-8-12-28(41)13-9-26)42-36-17-10-25-6-4-5-7-30(25)38(32)36/h4-13,16-17,23,29,31,33,35H,14-15,18-22H2,1-3H3/t29-,31-,33-,35-,39-,40-/m0/s1. The van der Waals surface area contributed by atoms with Crippen molar-refractivity contribution in [2.75, 3.05) is 0 Å². The number of carbonyl (C=O) groups is 1. The van der Waals surface area contributed by atoms with Gasteiger partial charge >= 0.3 is 5.97 Å². The fourth-order valence-electron chi connectivity index (χ4n) is 9.94. The maximum absolute atomic E-state index is 11.7. The van der Waals surface area contributed by atoms with Crippen molar-refractivity contribution in [1.82, 2.24) is 4.98 Å². The molecule has 4 aliphatic carbocycles. The number of carbonyl (C=O) groups excluding carboxylic acids is 1. The summed E-state index contributed by atoms with van der Waals surface area (Å²) in [6.45, 7) is 6.62. The highest BCUT2D eigenvalue weighted by molar-refractivity contribution is 6.30. The molecular weight excluding hydrogens is 562 g/mol. The smallest absolute Gasteiger partial charge is 0.302 e. The van der Waals surface area contributed by atoms with Gasteiger partial charge in [-0.1, -0.05) is 85.6 Å². The molecule has 0 radical (unpaired) electrons. The number of hydrogen-bond acceptors (Lipinski definition) is 3. The first kappa shape index (κ1) is 28.1. The molecule has 44 heavy (non-hydrogen) atoms. The van der Waals surface area contributed by atoms with E-state index in [1.807, 2.05) is 12.1 Å². The SMILES string of the molecule is CC(=O)O[C@H]1CC[C@@]2(C)C(=CC[C@@H]3[C@@H]2CC[C@]2(C)C(c4cc(-c5ccc(Cl)cc5)nc5ccc6ccccc6c45)=CC[C@@H]32)C1. The number of nitrogens with zero attached hydrogens (tertiary/aromatic N) is 1. The minimum Gasteiger partial charge on any atom is -0.462 e. The third-order valence-electron chi connectivity index (χ3n) is 12.1. The molecule has 0 aliphatic heterocycles. The molecule has 4 heteroatoms. The molecule has 224 valence electrons. The first-order valence-corrected chi connectivity index (χ1v) is 16.8.